The molecule has 0 atom stereocenters. The average Bonchev–Trinajstić information content (AvgIpc) is 2.90. The maximum absolute atomic E-state index is 12.0. The second kappa shape index (κ2) is 6.06. The molecule has 0 spiro atoms. The number of allylic oxidation sites excluding steroid dienone is 1. The van der Waals surface area contributed by atoms with Gasteiger partial charge in [-0.2, -0.15) is 5.10 Å². The van der Waals surface area contributed by atoms with Gasteiger partial charge in [-0.3, -0.25) is 9.48 Å². The van der Waals surface area contributed by atoms with Gasteiger partial charge in [-0.15, -0.1) is 0 Å². The molecule has 0 amide bonds. The zero-order valence-electron chi connectivity index (χ0n) is 11.7. The van der Waals surface area contributed by atoms with Crippen LogP contribution in [0.25, 0.3) is 6.08 Å². The van der Waals surface area contributed by atoms with Crippen molar-refractivity contribution in [2.75, 3.05) is 14.2 Å². The second-order valence-electron chi connectivity index (χ2n) is 4.15. The molecule has 20 heavy (non-hydrogen) atoms. The van der Waals surface area contributed by atoms with Crippen molar-refractivity contribution in [3.05, 3.63) is 47.8 Å². The van der Waals surface area contributed by atoms with Gasteiger partial charge in [0.1, 0.15) is 5.69 Å². The highest BCUT2D eigenvalue weighted by Gasteiger charge is 2.08. The van der Waals surface area contributed by atoms with Crippen LogP contribution in [0.2, 0.25) is 0 Å². The molecule has 0 aliphatic carbocycles. The minimum absolute atomic E-state index is 0.157. The van der Waals surface area contributed by atoms with Gasteiger partial charge in [0.2, 0.25) is 5.78 Å². The highest BCUT2D eigenvalue weighted by atomic mass is 16.5. The Kier molecular flexibility index (Phi) is 4.20. The lowest BCUT2D eigenvalue weighted by molar-refractivity contribution is 0.104. The molecule has 0 radical (unpaired) electrons. The van der Waals surface area contributed by atoms with E-state index in [0.717, 1.165) is 5.56 Å². The maximum atomic E-state index is 12.0. The van der Waals surface area contributed by atoms with Gasteiger partial charge in [-0.25, -0.2) is 0 Å². The quantitative estimate of drug-likeness (QED) is 0.619. The molecule has 1 aromatic heterocycles. The standard InChI is InChI=1S/C15H16N2O3/c1-17-10-9-12(16-17)13(18)8-7-11-5-4-6-14(19-2)15(11)20-3/h4-10H,1-3H3/b8-7+. The number of rotatable bonds is 5. The number of aryl methyl sites for hydroxylation is 1. The van der Waals surface area contributed by atoms with E-state index in [1.807, 2.05) is 12.1 Å². The number of carbonyl (C=O) groups is 1. The first-order chi connectivity index (χ1) is 9.65. The van der Waals surface area contributed by atoms with Crippen molar-refractivity contribution in [3.63, 3.8) is 0 Å². The molecule has 0 N–H and O–H groups in total. The molecule has 0 saturated carbocycles. The van der Waals surface area contributed by atoms with Gasteiger partial charge >= 0.3 is 0 Å². The summed E-state index contributed by atoms with van der Waals surface area (Å²) in [6, 6.07) is 7.17. The molecular weight excluding hydrogens is 256 g/mol. The highest BCUT2D eigenvalue weighted by molar-refractivity contribution is 6.05. The summed E-state index contributed by atoms with van der Waals surface area (Å²) in [5, 5.41) is 4.06. The smallest absolute Gasteiger partial charge is 0.206 e. The van der Waals surface area contributed by atoms with Crippen LogP contribution in [0.1, 0.15) is 16.1 Å². The molecule has 5 nitrogen and oxygen atoms in total. The van der Waals surface area contributed by atoms with E-state index in [1.54, 1.807) is 50.4 Å². The van der Waals surface area contributed by atoms with Gasteiger partial charge in [0.15, 0.2) is 11.5 Å². The molecule has 5 heteroatoms. The van der Waals surface area contributed by atoms with E-state index in [0.29, 0.717) is 17.2 Å². The fraction of sp³-hybridized carbons (Fsp3) is 0.200. The molecule has 0 aliphatic heterocycles. The monoisotopic (exact) mass is 272 g/mol. The Morgan fingerprint density at radius 2 is 2.05 bits per heavy atom. The normalized spacial score (nSPS) is 10.8. The number of ether oxygens (including phenoxy) is 2. The van der Waals surface area contributed by atoms with Gasteiger partial charge in [-0.1, -0.05) is 12.1 Å². The SMILES string of the molecule is COc1cccc(/C=C/C(=O)c2ccn(C)n2)c1OC. The van der Waals surface area contributed by atoms with Crippen LogP contribution in [0.3, 0.4) is 0 Å². The Hall–Kier alpha value is -2.56. The van der Waals surface area contributed by atoms with Crippen molar-refractivity contribution >= 4 is 11.9 Å². The third-order valence-corrected chi connectivity index (χ3v) is 2.81. The van der Waals surface area contributed by atoms with Gasteiger partial charge in [0.25, 0.3) is 0 Å². The first-order valence-electron chi connectivity index (χ1n) is 6.08. The minimum atomic E-state index is -0.157. The summed E-state index contributed by atoms with van der Waals surface area (Å²) in [6.45, 7) is 0. The van der Waals surface area contributed by atoms with Gasteiger partial charge in [0.05, 0.1) is 14.2 Å². The highest BCUT2D eigenvalue weighted by Crippen LogP contribution is 2.31. The molecule has 0 bridgehead atoms. The molecule has 1 heterocycles. The summed E-state index contributed by atoms with van der Waals surface area (Å²) in [5.74, 6) is 1.07. The second-order valence-corrected chi connectivity index (χ2v) is 4.15. The van der Waals surface area contributed by atoms with Crippen LogP contribution in [-0.4, -0.2) is 29.8 Å². The van der Waals surface area contributed by atoms with Gasteiger partial charge in [0, 0.05) is 18.8 Å². The first-order valence-corrected chi connectivity index (χ1v) is 6.08. The molecule has 104 valence electrons. The van der Waals surface area contributed by atoms with Crippen molar-refractivity contribution in [2.24, 2.45) is 7.05 Å². The van der Waals surface area contributed by atoms with Crippen LogP contribution >= 0.6 is 0 Å². The Balaban J connectivity index is 2.25. The van der Waals surface area contributed by atoms with E-state index in [1.165, 1.54) is 6.08 Å². The Morgan fingerprint density at radius 1 is 1.25 bits per heavy atom. The zero-order chi connectivity index (χ0) is 14.5. The first kappa shape index (κ1) is 13.9. The lowest BCUT2D eigenvalue weighted by atomic mass is 10.1. The Bertz CT molecular complexity index is 644. The number of hydrogen-bond acceptors (Lipinski definition) is 4. The van der Waals surface area contributed by atoms with E-state index in [-0.39, 0.29) is 5.78 Å². The molecule has 1 aromatic carbocycles. The van der Waals surface area contributed by atoms with Crippen LogP contribution in [0.4, 0.5) is 0 Å². The number of carbonyl (C=O) groups excluding carboxylic acids is 1. The van der Waals surface area contributed by atoms with Crippen LogP contribution in [0, 0.1) is 0 Å². The molecule has 0 aliphatic rings. The molecule has 0 unspecified atom stereocenters. The molecule has 2 rings (SSSR count). The average molecular weight is 272 g/mol. The van der Waals surface area contributed by atoms with Crippen molar-refractivity contribution in [3.8, 4) is 11.5 Å². The number of aromatic nitrogens is 2. The molecule has 0 saturated heterocycles. The van der Waals surface area contributed by atoms with Crippen molar-refractivity contribution < 1.29 is 14.3 Å². The van der Waals surface area contributed by atoms with Crippen molar-refractivity contribution in [2.45, 2.75) is 0 Å². The maximum Gasteiger partial charge on any atom is 0.206 e. The fourth-order valence-electron chi connectivity index (χ4n) is 1.84. The van der Waals surface area contributed by atoms with E-state index >= 15 is 0 Å². The summed E-state index contributed by atoms with van der Waals surface area (Å²) < 4.78 is 12.1. The van der Waals surface area contributed by atoms with Gasteiger partial charge < -0.3 is 9.47 Å². The van der Waals surface area contributed by atoms with Crippen LogP contribution in [0.5, 0.6) is 11.5 Å². The lowest BCUT2D eigenvalue weighted by Crippen LogP contribution is -1.98. The zero-order valence-corrected chi connectivity index (χ0v) is 11.7. The number of para-hydroxylation sites is 1. The largest absolute Gasteiger partial charge is 0.493 e. The Morgan fingerprint density at radius 3 is 2.65 bits per heavy atom. The summed E-state index contributed by atoms with van der Waals surface area (Å²) in [7, 11) is 4.91. The van der Waals surface area contributed by atoms with Crippen molar-refractivity contribution in [1.82, 2.24) is 9.78 Å². The summed E-state index contributed by atoms with van der Waals surface area (Å²) in [4.78, 5) is 12.0. The molecular formula is C15H16N2O3. The van der Waals surface area contributed by atoms with Crippen LogP contribution < -0.4 is 9.47 Å². The Labute approximate surface area is 117 Å². The van der Waals surface area contributed by atoms with E-state index in [4.69, 9.17) is 9.47 Å². The van der Waals surface area contributed by atoms with Crippen LogP contribution in [-0.2, 0) is 7.05 Å². The van der Waals surface area contributed by atoms with Gasteiger partial charge in [-0.05, 0) is 24.3 Å². The van der Waals surface area contributed by atoms with E-state index in [9.17, 15) is 4.79 Å². The predicted molar refractivity (Wildman–Crippen MR) is 76.1 cm³/mol. The van der Waals surface area contributed by atoms with E-state index in [2.05, 4.69) is 5.10 Å². The number of nitrogens with zero attached hydrogens (tertiary/aromatic N) is 2. The summed E-state index contributed by atoms with van der Waals surface area (Å²) in [5.41, 5.74) is 1.18. The number of hydrogen-bond donors (Lipinski definition) is 0. The minimum Gasteiger partial charge on any atom is -0.493 e. The lowest BCUT2D eigenvalue weighted by Gasteiger charge is -2.09. The van der Waals surface area contributed by atoms with Crippen LogP contribution in [0.15, 0.2) is 36.5 Å². The molecule has 2 aromatic rings. The third-order valence-electron chi connectivity index (χ3n) is 2.81. The summed E-state index contributed by atoms with van der Waals surface area (Å²) >= 11 is 0. The molecule has 0 fully saturated rings. The number of ketones is 1. The van der Waals surface area contributed by atoms with Crippen molar-refractivity contribution in [1.29, 1.82) is 0 Å². The fourth-order valence-corrected chi connectivity index (χ4v) is 1.84. The number of benzene rings is 1. The topological polar surface area (TPSA) is 53.4 Å². The predicted octanol–water partition coefficient (Wildman–Crippen LogP) is 2.33. The van der Waals surface area contributed by atoms with E-state index < -0.39 is 0 Å². The summed E-state index contributed by atoms with van der Waals surface area (Å²) in [6.07, 6.45) is 4.89. The third kappa shape index (κ3) is 2.88. The number of methoxy groups -OCH3 is 2.